The molecule has 20 heavy (non-hydrogen) atoms. The number of hydrogen-bond acceptors (Lipinski definition) is 3. The summed E-state index contributed by atoms with van der Waals surface area (Å²) < 4.78 is 0. The molecule has 0 radical (unpaired) electrons. The highest BCUT2D eigenvalue weighted by molar-refractivity contribution is 5.90. The number of fused-ring (bicyclic) bond motifs is 1. The largest absolute Gasteiger partial charge is 0.396 e. The van der Waals surface area contributed by atoms with E-state index in [2.05, 4.69) is 53.4 Å². The Kier molecular flexibility index (Phi) is 3.79. The van der Waals surface area contributed by atoms with Crippen LogP contribution < -0.4 is 0 Å². The van der Waals surface area contributed by atoms with Crippen molar-refractivity contribution in [3.8, 4) is 0 Å². The van der Waals surface area contributed by atoms with Gasteiger partial charge in [0.2, 0.25) is 0 Å². The molecule has 0 unspecified atom stereocenters. The minimum atomic E-state index is 0.0489. The third kappa shape index (κ3) is 2.65. The molecule has 1 N–H and O–H groups in total. The van der Waals surface area contributed by atoms with E-state index >= 15 is 0 Å². The summed E-state index contributed by atoms with van der Waals surface area (Å²) in [5.41, 5.74) is 3.04. The lowest BCUT2D eigenvalue weighted by Gasteiger charge is -2.41. The molecule has 1 fully saturated rings. The lowest BCUT2D eigenvalue weighted by molar-refractivity contribution is 0.231. The minimum Gasteiger partial charge on any atom is -0.396 e. The van der Waals surface area contributed by atoms with E-state index in [-0.39, 0.29) is 23.5 Å². The van der Waals surface area contributed by atoms with Crippen LogP contribution in [0.3, 0.4) is 0 Å². The maximum atomic E-state index is 9.57. The zero-order chi connectivity index (χ0) is 15.3. The van der Waals surface area contributed by atoms with Crippen molar-refractivity contribution >= 4 is 5.84 Å². The molecule has 0 amide bonds. The predicted molar refractivity (Wildman–Crippen MR) is 84.7 cm³/mol. The molecule has 2 atom stereocenters. The molecule has 0 saturated carbocycles. The number of aliphatic imine (C=N–C) groups is 1. The summed E-state index contributed by atoms with van der Waals surface area (Å²) >= 11 is 0. The molecule has 2 aliphatic rings. The van der Waals surface area contributed by atoms with Crippen LogP contribution in [-0.2, 0) is 0 Å². The van der Waals surface area contributed by atoms with Gasteiger partial charge in [-0.25, -0.2) is 0 Å². The fourth-order valence-corrected chi connectivity index (χ4v) is 3.63. The second-order valence-electron chi connectivity index (χ2n) is 8.35. The number of rotatable bonds is 1. The van der Waals surface area contributed by atoms with Crippen molar-refractivity contribution in [1.29, 1.82) is 0 Å². The average molecular weight is 278 g/mol. The van der Waals surface area contributed by atoms with Crippen LogP contribution >= 0.6 is 0 Å². The molecule has 2 heterocycles. The lowest BCUT2D eigenvalue weighted by Crippen LogP contribution is -2.43. The van der Waals surface area contributed by atoms with Crippen LogP contribution in [0.25, 0.3) is 0 Å². The molecule has 3 heteroatoms. The smallest absolute Gasteiger partial charge is 0.109 e. The van der Waals surface area contributed by atoms with Crippen LogP contribution in [0.15, 0.2) is 16.3 Å². The molecule has 0 aromatic rings. The number of nitrogens with zero attached hydrogens (tertiary/aromatic N) is 2. The van der Waals surface area contributed by atoms with Crippen LogP contribution in [0, 0.1) is 16.7 Å². The maximum absolute atomic E-state index is 9.57. The quantitative estimate of drug-likeness (QED) is 0.797. The molecule has 2 rings (SSSR count). The average Bonchev–Trinajstić information content (AvgIpc) is 2.67. The summed E-state index contributed by atoms with van der Waals surface area (Å²) in [6.07, 6.45) is 0.989. The minimum absolute atomic E-state index is 0.0489. The highest BCUT2D eigenvalue weighted by Gasteiger charge is 2.42. The molecule has 0 aromatic carbocycles. The molecule has 1 saturated heterocycles. The molecule has 0 spiro atoms. The monoisotopic (exact) mass is 278 g/mol. The van der Waals surface area contributed by atoms with E-state index in [0.29, 0.717) is 5.92 Å². The van der Waals surface area contributed by atoms with Gasteiger partial charge in [-0.3, -0.25) is 4.99 Å². The summed E-state index contributed by atoms with van der Waals surface area (Å²) in [4.78, 5) is 7.41. The van der Waals surface area contributed by atoms with Gasteiger partial charge in [-0.2, -0.15) is 0 Å². The van der Waals surface area contributed by atoms with Gasteiger partial charge in [0.05, 0.1) is 6.04 Å². The zero-order valence-electron chi connectivity index (χ0n) is 14.1. The summed E-state index contributed by atoms with van der Waals surface area (Å²) in [7, 11) is 0. The van der Waals surface area contributed by atoms with Crippen molar-refractivity contribution in [2.24, 2.45) is 21.7 Å². The Hall–Kier alpha value is -0.830. The third-order valence-electron chi connectivity index (χ3n) is 4.29. The molecular formula is C17H30N2O. The van der Waals surface area contributed by atoms with Crippen molar-refractivity contribution in [2.75, 3.05) is 13.2 Å². The Bertz CT molecular complexity index is 449. The second-order valence-corrected chi connectivity index (χ2v) is 8.35. The van der Waals surface area contributed by atoms with E-state index in [4.69, 9.17) is 4.99 Å². The molecule has 2 aliphatic heterocycles. The number of amidine groups is 1. The van der Waals surface area contributed by atoms with E-state index < -0.39 is 0 Å². The van der Waals surface area contributed by atoms with Crippen molar-refractivity contribution in [2.45, 2.75) is 60.9 Å². The maximum Gasteiger partial charge on any atom is 0.109 e. The van der Waals surface area contributed by atoms with E-state index in [1.54, 1.807) is 0 Å². The van der Waals surface area contributed by atoms with E-state index in [1.807, 2.05) is 0 Å². The first-order valence-corrected chi connectivity index (χ1v) is 7.76. The van der Waals surface area contributed by atoms with Gasteiger partial charge in [-0.1, -0.05) is 41.5 Å². The molecule has 0 aliphatic carbocycles. The third-order valence-corrected chi connectivity index (χ3v) is 4.29. The normalized spacial score (nSPS) is 27.8. The zero-order valence-corrected chi connectivity index (χ0v) is 14.1. The van der Waals surface area contributed by atoms with Crippen LogP contribution in [0.2, 0.25) is 0 Å². The topological polar surface area (TPSA) is 35.8 Å². The molecule has 0 bridgehead atoms. The summed E-state index contributed by atoms with van der Waals surface area (Å²) in [5.74, 6) is 1.53. The number of aliphatic hydroxyl groups is 1. The van der Waals surface area contributed by atoms with E-state index in [1.165, 1.54) is 17.1 Å². The van der Waals surface area contributed by atoms with Gasteiger partial charge in [0.15, 0.2) is 0 Å². The Morgan fingerprint density at radius 2 is 1.75 bits per heavy atom. The van der Waals surface area contributed by atoms with Gasteiger partial charge in [-0.15, -0.1) is 0 Å². The second kappa shape index (κ2) is 4.87. The first-order valence-electron chi connectivity index (χ1n) is 7.76. The lowest BCUT2D eigenvalue weighted by atomic mass is 9.79. The number of aliphatic hydroxyl groups excluding tert-OH is 1. The fourth-order valence-electron chi connectivity index (χ4n) is 3.63. The standard InChI is InChI=1S/C17H30N2O/c1-11-14(16(2,3)4)13-8-12(10-20)9-19(13)15(18-11)17(5,6)7/h11-12,20H,8-10H2,1-7H3/t11-,12-/m1/s1. The van der Waals surface area contributed by atoms with Crippen molar-refractivity contribution < 1.29 is 5.11 Å². The molecule has 0 aromatic heterocycles. The van der Waals surface area contributed by atoms with Crippen LogP contribution in [0.5, 0.6) is 0 Å². The Labute approximate surface area is 123 Å². The van der Waals surface area contributed by atoms with Gasteiger partial charge in [0.25, 0.3) is 0 Å². The first kappa shape index (κ1) is 15.6. The Morgan fingerprint density at radius 3 is 2.20 bits per heavy atom. The molecular weight excluding hydrogens is 248 g/mol. The predicted octanol–water partition coefficient (Wildman–Crippen LogP) is 3.45. The number of hydrogen-bond donors (Lipinski definition) is 1. The van der Waals surface area contributed by atoms with Gasteiger partial charge in [0.1, 0.15) is 5.84 Å². The molecule has 114 valence electrons. The summed E-state index contributed by atoms with van der Waals surface area (Å²) in [5, 5.41) is 9.57. The van der Waals surface area contributed by atoms with E-state index in [9.17, 15) is 5.11 Å². The van der Waals surface area contributed by atoms with Gasteiger partial charge in [0, 0.05) is 30.2 Å². The number of allylic oxidation sites excluding steroid dienone is 1. The van der Waals surface area contributed by atoms with Crippen LogP contribution in [0.4, 0.5) is 0 Å². The van der Waals surface area contributed by atoms with Crippen molar-refractivity contribution in [3.05, 3.63) is 11.3 Å². The van der Waals surface area contributed by atoms with Crippen molar-refractivity contribution in [3.63, 3.8) is 0 Å². The highest BCUT2D eigenvalue weighted by atomic mass is 16.3. The van der Waals surface area contributed by atoms with Crippen LogP contribution in [0.1, 0.15) is 54.9 Å². The van der Waals surface area contributed by atoms with Gasteiger partial charge >= 0.3 is 0 Å². The Balaban J connectivity index is 2.51. The molecule has 3 nitrogen and oxygen atoms in total. The van der Waals surface area contributed by atoms with Crippen molar-refractivity contribution in [1.82, 2.24) is 4.90 Å². The van der Waals surface area contributed by atoms with E-state index in [0.717, 1.165) is 13.0 Å². The summed E-state index contributed by atoms with van der Waals surface area (Å²) in [6.45, 7) is 16.9. The van der Waals surface area contributed by atoms with Crippen LogP contribution in [-0.4, -0.2) is 35.0 Å². The SMILES string of the molecule is C[C@H]1N=C(C(C)(C)C)N2C[C@H](CO)CC2=C1C(C)(C)C. The fraction of sp³-hybridized carbons (Fsp3) is 0.824. The van der Waals surface area contributed by atoms with Gasteiger partial charge < -0.3 is 10.0 Å². The summed E-state index contributed by atoms with van der Waals surface area (Å²) in [6, 6.07) is 0.243. The first-order chi connectivity index (χ1) is 9.05. The van der Waals surface area contributed by atoms with Gasteiger partial charge in [-0.05, 0) is 24.3 Å². The highest BCUT2D eigenvalue weighted by Crippen LogP contribution is 2.44. The Morgan fingerprint density at radius 1 is 1.15 bits per heavy atom.